The Morgan fingerprint density at radius 2 is 1.97 bits per heavy atom. The summed E-state index contributed by atoms with van der Waals surface area (Å²) < 4.78 is 13.6. The van der Waals surface area contributed by atoms with E-state index in [4.69, 9.17) is 4.98 Å². The number of halogens is 1. The van der Waals surface area contributed by atoms with Gasteiger partial charge in [-0.3, -0.25) is 19.9 Å². The number of imidazole rings is 1. The van der Waals surface area contributed by atoms with Gasteiger partial charge in [-0.25, -0.2) is 9.97 Å². The molecule has 0 saturated carbocycles. The Labute approximate surface area is 201 Å². The summed E-state index contributed by atoms with van der Waals surface area (Å²) in [5.74, 6) is 0.456. The molecule has 35 heavy (non-hydrogen) atoms. The topological polar surface area (TPSA) is 125 Å². The molecule has 6 aromatic heterocycles. The van der Waals surface area contributed by atoms with Crippen molar-refractivity contribution < 1.29 is 9.18 Å². The largest absolute Gasteiger partial charge is 0.336 e. The molecule has 1 amide bonds. The number of H-pyrrole nitrogens is 2. The number of carbonyl (C=O) groups is 1. The normalized spacial score (nSPS) is 11.4. The number of nitrogens with zero attached hydrogens (tertiary/aromatic N) is 5. The summed E-state index contributed by atoms with van der Waals surface area (Å²) in [5.41, 5.74) is 5.43. The third-order valence-electron chi connectivity index (χ3n) is 5.52. The second kappa shape index (κ2) is 8.37. The van der Waals surface area contributed by atoms with E-state index >= 15 is 0 Å². The molecule has 0 aromatic carbocycles. The second-order valence-electron chi connectivity index (χ2n) is 7.80. The number of anilines is 1. The third-order valence-corrected chi connectivity index (χ3v) is 6.41. The summed E-state index contributed by atoms with van der Waals surface area (Å²) in [7, 11) is 0. The lowest BCUT2D eigenvalue weighted by atomic mass is 10.1. The lowest BCUT2D eigenvalue weighted by Gasteiger charge is -2.06. The molecule has 6 rings (SSSR count). The first-order valence-electron chi connectivity index (χ1n) is 10.8. The SMILES string of the molecule is CCC(=O)Nc1cncc(-c2cnc3[nH]nc(-c4nc5c(-c6ccc(F)s6)nccc5[nH]4)c3c2)c1. The number of nitrogens with one attached hydrogen (secondary N) is 3. The predicted molar refractivity (Wildman–Crippen MR) is 132 cm³/mol. The maximum Gasteiger partial charge on any atom is 0.224 e. The van der Waals surface area contributed by atoms with Crippen LogP contribution < -0.4 is 5.32 Å². The average Bonchev–Trinajstić information content (AvgIpc) is 3.61. The van der Waals surface area contributed by atoms with E-state index in [1.807, 2.05) is 18.2 Å². The zero-order valence-electron chi connectivity index (χ0n) is 18.3. The fourth-order valence-corrected chi connectivity index (χ4v) is 4.56. The molecular weight excluding hydrogens is 467 g/mol. The van der Waals surface area contributed by atoms with Crippen LogP contribution in [-0.4, -0.2) is 41.0 Å². The zero-order valence-corrected chi connectivity index (χ0v) is 19.2. The number of aromatic nitrogens is 7. The quantitative estimate of drug-likeness (QED) is 0.310. The molecule has 9 nitrogen and oxygen atoms in total. The van der Waals surface area contributed by atoms with E-state index in [0.717, 1.165) is 33.4 Å². The molecule has 11 heteroatoms. The molecule has 0 bridgehead atoms. The predicted octanol–water partition coefficient (Wildman–Crippen LogP) is 5.17. The molecule has 0 fully saturated rings. The minimum absolute atomic E-state index is 0.0846. The van der Waals surface area contributed by atoms with Gasteiger partial charge in [-0.15, -0.1) is 11.3 Å². The van der Waals surface area contributed by atoms with Crippen molar-refractivity contribution in [3.63, 3.8) is 0 Å². The van der Waals surface area contributed by atoms with Crippen molar-refractivity contribution in [3.05, 3.63) is 60.3 Å². The fourth-order valence-electron chi connectivity index (χ4n) is 3.83. The molecule has 0 radical (unpaired) electrons. The van der Waals surface area contributed by atoms with Gasteiger partial charge in [-0.05, 0) is 30.3 Å². The average molecular weight is 485 g/mol. The molecule has 0 atom stereocenters. The molecule has 0 saturated heterocycles. The van der Waals surface area contributed by atoms with Gasteiger partial charge < -0.3 is 10.3 Å². The molecule has 0 aliphatic heterocycles. The highest BCUT2D eigenvalue weighted by Crippen LogP contribution is 2.33. The van der Waals surface area contributed by atoms with Crippen LogP contribution in [0.4, 0.5) is 10.1 Å². The molecule has 0 aliphatic rings. The van der Waals surface area contributed by atoms with E-state index in [-0.39, 0.29) is 11.0 Å². The van der Waals surface area contributed by atoms with Crippen LogP contribution in [0, 0.1) is 5.13 Å². The lowest BCUT2D eigenvalue weighted by molar-refractivity contribution is -0.115. The number of thiophene rings is 1. The van der Waals surface area contributed by atoms with Crippen molar-refractivity contribution in [2.75, 3.05) is 5.32 Å². The van der Waals surface area contributed by atoms with Crippen LogP contribution in [-0.2, 0) is 4.79 Å². The number of hydrogen-bond donors (Lipinski definition) is 3. The van der Waals surface area contributed by atoms with Crippen LogP contribution in [0.3, 0.4) is 0 Å². The van der Waals surface area contributed by atoms with E-state index in [1.165, 1.54) is 6.07 Å². The van der Waals surface area contributed by atoms with Crippen molar-refractivity contribution in [1.82, 2.24) is 35.1 Å². The summed E-state index contributed by atoms with van der Waals surface area (Å²) in [6.45, 7) is 1.79. The highest BCUT2D eigenvalue weighted by atomic mass is 32.1. The van der Waals surface area contributed by atoms with Gasteiger partial charge in [0.25, 0.3) is 0 Å². The molecular formula is C24H17FN8OS. The zero-order chi connectivity index (χ0) is 23.9. The monoisotopic (exact) mass is 484 g/mol. The van der Waals surface area contributed by atoms with Crippen LogP contribution in [0.5, 0.6) is 0 Å². The minimum Gasteiger partial charge on any atom is -0.336 e. The summed E-state index contributed by atoms with van der Waals surface area (Å²) in [6.07, 6.45) is 7.08. The summed E-state index contributed by atoms with van der Waals surface area (Å²) in [6, 6.07) is 8.73. The maximum absolute atomic E-state index is 13.6. The first-order chi connectivity index (χ1) is 17.1. The van der Waals surface area contributed by atoms with Crippen molar-refractivity contribution in [1.29, 1.82) is 0 Å². The third kappa shape index (κ3) is 3.81. The molecule has 3 N–H and O–H groups in total. The van der Waals surface area contributed by atoms with Crippen molar-refractivity contribution in [2.24, 2.45) is 0 Å². The Morgan fingerprint density at radius 1 is 1.09 bits per heavy atom. The van der Waals surface area contributed by atoms with Crippen LogP contribution in [0.1, 0.15) is 13.3 Å². The van der Waals surface area contributed by atoms with E-state index in [2.05, 4.69) is 35.5 Å². The van der Waals surface area contributed by atoms with E-state index in [9.17, 15) is 9.18 Å². The molecule has 172 valence electrons. The Balaban J connectivity index is 1.43. The van der Waals surface area contributed by atoms with Gasteiger partial charge in [0.05, 0.1) is 27.7 Å². The van der Waals surface area contributed by atoms with E-state index in [1.54, 1.807) is 37.8 Å². The Kier molecular flexibility index (Phi) is 5.03. The molecule has 0 spiro atoms. The first-order valence-corrected chi connectivity index (χ1v) is 11.6. The second-order valence-corrected chi connectivity index (χ2v) is 8.84. The van der Waals surface area contributed by atoms with Gasteiger partial charge in [0, 0.05) is 36.1 Å². The van der Waals surface area contributed by atoms with Gasteiger partial charge in [0.1, 0.15) is 16.9 Å². The van der Waals surface area contributed by atoms with Crippen LogP contribution in [0.2, 0.25) is 0 Å². The Morgan fingerprint density at radius 3 is 2.80 bits per heavy atom. The standard InChI is InChI=1S/C24H17FN8OS/c1-2-19(34)29-14-7-12(9-26-11-14)13-8-15-20(32-33-23(15)28-10-13)24-30-16-5-6-27-22(21(16)31-24)17-3-4-18(25)35-17/h3-11H,2H2,1H3,(H,29,34)(H,30,31)(H,28,32,33). The summed E-state index contributed by atoms with van der Waals surface area (Å²) in [4.78, 5) is 33.7. The lowest BCUT2D eigenvalue weighted by Crippen LogP contribution is -2.09. The highest BCUT2D eigenvalue weighted by Gasteiger charge is 2.18. The van der Waals surface area contributed by atoms with Crippen LogP contribution in [0.15, 0.2) is 55.1 Å². The number of pyridine rings is 3. The van der Waals surface area contributed by atoms with Crippen molar-refractivity contribution in [2.45, 2.75) is 13.3 Å². The van der Waals surface area contributed by atoms with Crippen LogP contribution in [0.25, 0.3) is 55.3 Å². The smallest absolute Gasteiger partial charge is 0.224 e. The summed E-state index contributed by atoms with van der Waals surface area (Å²) >= 11 is 1.02. The van der Waals surface area contributed by atoms with Crippen molar-refractivity contribution >= 4 is 45.0 Å². The van der Waals surface area contributed by atoms with Gasteiger partial charge >= 0.3 is 0 Å². The number of hydrogen-bond acceptors (Lipinski definition) is 7. The number of aromatic amines is 2. The minimum atomic E-state index is -0.278. The Hall–Kier alpha value is -4.51. The number of rotatable bonds is 5. The molecule has 0 unspecified atom stereocenters. The van der Waals surface area contributed by atoms with E-state index < -0.39 is 0 Å². The van der Waals surface area contributed by atoms with Gasteiger partial charge in [0.2, 0.25) is 5.91 Å². The van der Waals surface area contributed by atoms with Gasteiger partial charge in [-0.1, -0.05) is 6.92 Å². The fraction of sp³-hybridized carbons (Fsp3) is 0.0833. The van der Waals surface area contributed by atoms with Gasteiger partial charge in [-0.2, -0.15) is 9.49 Å². The number of fused-ring (bicyclic) bond motifs is 2. The van der Waals surface area contributed by atoms with Crippen molar-refractivity contribution in [3.8, 4) is 33.2 Å². The van der Waals surface area contributed by atoms with Crippen LogP contribution >= 0.6 is 11.3 Å². The highest BCUT2D eigenvalue weighted by molar-refractivity contribution is 7.13. The molecule has 6 aromatic rings. The Bertz CT molecular complexity index is 1720. The molecule has 0 aliphatic carbocycles. The maximum atomic E-state index is 13.6. The number of carbonyl (C=O) groups excluding carboxylic acids is 1. The van der Waals surface area contributed by atoms with Gasteiger partial charge in [0.15, 0.2) is 16.6 Å². The number of amides is 1. The summed E-state index contributed by atoms with van der Waals surface area (Å²) in [5, 5.41) is 10.7. The molecule has 6 heterocycles. The first kappa shape index (κ1) is 21.1. The van der Waals surface area contributed by atoms with E-state index in [0.29, 0.717) is 45.4 Å².